The van der Waals surface area contributed by atoms with Crippen LogP contribution >= 0.6 is 9.39 Å². The largest absolute Gasteiger partial charge is 0.317 e. The average Bonchev–Trinajstić information content (AvgIpc) is 1.81. The highest BCUT2D eigenvalue weighted by Gasteiger charge is 1.80. The molecule has 0 aromatic carbocycles. The minimum atomic E-state index is 1.08. The van der Waals surface area contributed by atoms with E-state index in [0.717, 1.165) is 19.6 Å². The molecule has 0 aliphatic heterocycles. The van der Waals surface area contributed by atoms with E-state index >= 15 is 0 Å². The van der Waals surface area contributed by atoms with Crippen LogP contribution in [-0.2, 0) is 0 Å². The molecule has 2 N–H and O–H groups in total. The van der Waals surface area contributed by atoms with Crippen LogP contribution in [0.4, 0.5) is 0 Å². The summed E-state index contributed by atoms with van der Waals surface area (Å²) < 4.78 is 0. The Kier molecular flexibility index (Phi) is 7.67. The second-order valence-corrected chi connectivity index (χ2v) is 2.07. The molecule has 0 rings (SSSR count). The Bertz CT molecular complexity index is 35.4. The minimum absolute atomic E-state index is 1.08. The van der Waals surface area contributed by atoms with Crippen LogP contribution in [-0.4, -0.2) is 19.6 Å². The molecule has 0 saturated carbocycles. The van der Waals surface area contributed by atoms with Crippen molar-refractivity contribution in [3.05, 3.63) is 0 Å². The van der Waals surface area contributed by atoms with Crippen molar-refractivity contribution in [3.63, 3.8) is 0 Å². The maximum Gasteiger partial charge on any atom is -0.000234 e. The molecule has 1 atom stereocenters. The lowest BCUT2D eigenvalue weighted by atomic mass is 10.4. The summed E-state index contributed by atoms with van der Waals surface area (Å²) in [6.07, 6.45) is 1.21. The Morgan fingerprint density at radius 2 is 2.12 bits per heavy atom. The molecule has 1 unspecified atom stereocenters. The SMILES string of the molecule is CCNCCCNP. The van der Waals surface area contributed by atoms with Gasteiger partial charge in [0.2, 0.25) is 0 Å². The van der Waals surface area contributed by atoms with E-state index in [1.165, 1.54) is 6.42 Å². The van der Waals surface area contributed by atoms with Crippen molar-refractivity contribution in [3.8, 4) is 0 Å². The standard InChI is InChI=1S/C5H15N2P/c1-2-6-4-3-5-7-8/h6-7H,2-5,8H2,1H3. The number of nitrogens with one attached hydrogen (secondary N) is 2. The molecule has 2 nitrogen and oxygen atoms in total. The van der Waals surface area contributed by atoms with Crippen LogP contribution < -0.4 is 10.4 Å². The Morgan fingerprint density at radius 1 is 1.38 bits per heavy atom. The summed E-state index contributed by atoms with van der Waals surface area (Å²) >= 11 is 0. The van der Waals surface area contributed by atoms with Crippen molar-refractivity contribution in [1.82, 2.24) is 10.4 Å². The summed E-state index contributed by atoms with van der Waals surface area (Å²) in [6, 6.07) is 0. The van der Waals surface area contributed by atoms with Gasteiger partial charge in [-0.2, -0.15) is 0 Å². The maximum absolute atomic E-state index is 3.23. The molecule has 50 valence electrons. The van der Waals surface area contributed by atoms with E-state index in [9.17, 15) is 0 Å². The van der Waals surface area contributed by atoms with Gasteiger partial charge in [-0.25, -0.2) is 0 Å². The molecule has 0 aromatic heterocycles. The third-order valence-electron chi connectivity index (χ3n) is 0.925. The third-order valence-corrected chi connectivity index (χ3v) is 1.21. The van der Waals surface area contributed by atoms with Crippen molar-refractivity contribution in [2.75, 3.05) is 19.6 Å². The molecule has 3 heteroatoms. The van der Waals surface area contributed by atoms with Crippen molar-refractivity contribution in [2.45, 2.75) is 13.3 Å². The second kappa shape index (κ2) is 7.35. The molecule has 0 aliphatic carbocycles. The van der Waals surface area contributed by atoms with Crippen LogP contribution in [0, 0.1) is 0 Å². The molecular formula is C5H15N2P. The van der Waals surface area contributed by atoms with E-state index < -0.39 is 0 Å². The maximum atomic E-state index is 3.23. The molecule has 0 heterocycles. The van der Waals surface area contributed by atoms with E-state index in [4.69, 9.17) is 0 Å². The smallest absolute Gasteiger partial charge is 0.000234 e. The first-order chi connectivity index (χ1) is 3.91. The first kappa shape index (κ1) is 8.35. The van der Waals surface area contributed by atoms with Gasteiger partial charge in [0.15, 0.2) is 0 Å². The van der Waals surface area contributed by atoms with Gasteiger partial charge in [-0.15, -0.1) is 0 Å². The van der Waals surface area contributed by atoms with Crippen molar-refractivity contribution >= 4 is 9.39 Å². The molecule has 0 radical (unpaired) electrons. The quantitative estimate of drug-likeness (QED) is 0.419. The topological polar surface area (TPSA) is 24.1 Å². The lowest BCUT2D eigenvalue weighted by Gasteiger charge is -1.98. The van der Waals surface area contributed by atoms with Crippen molar-refractivity contribution in [1.29, 1.82) is 0 Å². The van der Waals surface area contributed by atoms with Crippen LogP contribution in [0.3, 0.4) is 0 Å². The fraction of sp³-hybridized carbons (Fsp3) is 1.00. The van der Waals surface area contributed by atoms with Gasteiger partial charge in [0.1, 0.15) is 0 Å². The summed E-state index contributed by atoms with van der Waals surface area (Å²) in [6.45, 7) is 5.40. The fourth-order valence-corrected chi connectivity index (χ4v) is 0.696. The van der Waals surface area contributed by atoms with Crippen LogP contribution in [0.2, 0.25) is 0 Å². The van der Waals surface area contributed by atoms with Crippen LogP contribution in [0.25, 0.3) is 0 Å². The molecule has 0 aliphatic rings. The van der Waals surface area contributed by atoms with E-state index in [0.29, 0.717) is 0 Å². The molecule has 0 spiro atoms. The number of rotatable bonds is 5. The monoisotopic (exact) mass is 134 g/mol. The van der Waals surface area contributed by atoms with Gasteiger partial charge < -0.3 is 10.4 Å². The molecule has 0 aromatic rings. The third kappa shape index (κ3) is 6.35. The number of hydrogen-bond donors (Lipinski definition) is 2. The molecular weight excluding hydrogens is 119 g/mol. The Labute approximate surface area is 53.7 Å². The average molecular weight is 134 g/mol. The molecule has 8 heavy (non-hydrogen) atoms. The normalized spacial score (nSPS) is 9.75. The van der Waals surface area contributed by atoms with E-state index in [-0.39, 0.29) is 0 Å². The van der Waals surface area contributed by atoms with Crippen molar-refractivity contribution in [2.24, 2.45) is 0 Å². The van der Waals surface area contributed by atoms with E-state index in [1.807, 2.05) is 0 Å². The predicted octanol–water partition coefficient (Wildman–Crippen LogP) is 0.366. The zero-order chi connectivity index (χ0) is 6.24. The molecule has 0 saturated heterocycles. The van der Waals surface area contributed by atoms with Gasteiger partial charge in [-0.05, 0) is 26.1 Å². The van der Waals surface area contributed by atoms with E-state index in [1.54, 1.807) is 0 Å². The van der Waals surface area contributed by atoms with Gasteiger partial charge in [0.25, 0.3) is 0 Å². The van der Waals surface area contributed by atoms with Gasteiger partial charge in [-0.1, -0.05) is 16.3 Å². The molecule has 0 amide bonds. The molecule has 0 bridgehead atoms. The second-order valence-electron chi connectivity index (χ2n) is 1.66. The van der Waals surface area contributed by atoms with E-state index in [2.05, 4.69) is 26.7 Å². The van der Waals surface area contributed by atoms with Crippen LogP contribution in [0.5, 0.6) is 0 Å². The van der Waals surface area contributed by atoms with Gasteiger partial charge in [0.05, 0.1) is 0 Å². The zero-order valence-electron chi connectivity index (χ0n) is 5.41. The Morgan fingerprint density at radius 3 is 2.62 bits per heavy atom. The minimum Gasteiger partial charge on any atom is -0.317 e. The van der Waals surface area contributed by atoms with Gasteiger partial charge in [0, 0.05) is 0 Å². The van der Waals surface area contributed by atoms with Gasteiger partial charge in [-0.3, -0.25) is 0 Å². The fourth-order valence-electron chi connectivity index (χ4n) is 0.492. The Balaban J connectivity index is 2.53. The highest BCUT2D eigenvalue weighted by atomic mass is 31.0. The lowest BCUT2D eigenvalue weighted by Crippen LogP contribution is -2.17. The summed E-state index contributed by atoms with van der Waals surface area (Å²) in [7, 11) is 2.49. The summed E-state index contributed by atoms with van der Waals surface area (Å²) in [5.74, 6) is 0. The van der Waals surface area contributed by atoms with Gasteiger partial charge >= 0.3 is 0 Å². The van der Waals surface area contributed by atoms with Crippen LogP contribution in [0.1, 0.15) is 13.3 Å². The zero-order valence-corrected chi connectivity index (χ0v) is 6.56. The van der Waals surface area contributed by atoms with Crippen LogP contribution in [0.15, 0.2) is 0 Å². The summed E-state index contributed by atoms with van der Waals surface area (Å²) in [5.41, 5.74) is 0. The summed E-state index contributed by atoms with van der Waals surface area (Å²) in [5, 5.41) is 6.24. The van der Waals surface area contributed by atoms with Crippen molar-refractivity contribution < 1.29 is 0 Å². The first-order valence-electron chi connectivity index (χ1n) is 3.06. The first-order valence-corrected chi connectivity index (χ1v) is 3.63. The Hall–Kier alpha value is 0.350. The summed E-state index contributed by atoms with van der Waals surface area (Å²) in [4.78, 5) is 0. The lowest BCUT2D eigenvalue weighted by molar-refractivity contribution is 0.669. The highest BCUT2D eigenvalue weighted by Crippen LogP contribution is 1.74. The molecule has 0 fully saturated rings. The highest BCUT2D eigenvalue weighted by molar-refractivity contribution is 7.13. The predicted molar refractivity (Wildman–Crippen MR) is 40.9 cm³/mol. The number of hydrogen-bond acceptors (Lipinski definition) is 2.